The summed E-state index contributed by atoms with van der Waals surface area (Å²) < 4.78 is 50.5. The van der Waals surface area contributed by atoms with E-state index >= 15 is 0 Å². The molecule has 5 rings (SSSR count). The highest BCUT2D eigenvalue weighted by molar-refractivity contribution is 6.04. The summed E-state index contributed by atoms with van der Waals surface area (Å²) in [5.41, 5.74) is 2.31. The zero-order valence-corrected chi connectivity index (χ0v) is 41.1. The Balaban J connectivity index is 1.46. The molecule has 2 N–H and O–H groups in total. The van der Waals surface area contributed by atoms with Crippen LogP contribution in [0, 0.1) is 83.1 Å². The Hall–Kier alpha value is -8.15. The summed E-state index contributed by atoms with van der Waals surface area (Å²) in [6.07, 6.45) is 0. The highest BCUT2D eigenvalue weighted by Crippen LogP contribution is 2.42. The smallest absolute Gasteiger partial charge is 0.347 e. The van der Waals surface area contributed by atoms with E-state index in [1.54, 1.807) is 69.2 Å². The van der Waals surface area contributed by atoms with E-state index in [0.29, 0.717) is 22.3 Å². The molecule has 0 spiro atoms. The van der Waals surface area contributed by atoms with Crippen molar-refractivity contribution in [1.82, 2.24) is 0 Å². The molecule has 5 aromatic rings. The summed E-state index contributed by atoms with van der Waals surface area (Å²) in [7, 11) is 5.19. The maximum absolute atomic E-state index is 14.0. The van der Waals surface area contributed by atoms with Gasteiger partial charge in [-0.1, -0.05) is 0 Å². The minimum Gasteiger partial charge on any atom is -0.496 e. The van der Waals surface area contributed by atoms with Gasteiger partial charge in [0.25, 0.3) is 11.9 Å². The summed E-state index contributed by atoms with van der Waals surface area (Å²) in [5.74, 6) is -7.39. The van der Waals surface area contributed by atoms with Crippen molar-refractivity contribution < 1.29 is 81.3 Å². The Morgan fingerprint density at radius 2 is 0.609 bits per heavy atom. The van der Waals surface area contributed by atoms with Crippen LogP contribution >= 0.6 is 0 Å². The summed E-state index contributed by atoms with van der Waals surface area (Å²) in [5, 5.41) is 19.7. The number of carboxylic acids is 2. The first-order chi connectivity index (χ1) is 32.3. The molecule has 0 radical (unpaired) electrons. The van der Waals surface area contributed by atoms with Gasteiger partial charge in [-0.15, -0.1) is 0 Å². The SMILES string of the molecule is COc1c(C)c(OC(=O)c2c(C)c(C)c(C(=O)Oc3cc(=O)cc(OC(=O)c4c(C)c(C)c(C(=O)Oc5c(C)c(C)c(C(=O)O)c(OC)c5C)c(OC)c4C)o3)c(C)c2OC)c(C)c(C)c1C(=O)O. The average Bonchev–Trinajstić information content (AvgIpc) is 3.27. The largest absolute Gasteiger partial charge is 0.496 e. The van der Waals surface area contributed by atoms with Crippen LogP contribution in [-0.4, -0.2) is 74.5 Å². The number of hydrogen-bond acceptors (Lipinski definition) is 16. The van der Waals surface area contributed by atoms with Crippen LogP contribution in [0.2, 0.25) is 0 Å². The number of carboxylic acid groups (broad SMARTS) is 2. The van der Waals surface area contributed by atoms with Gasteiger partial charge < -0.3 is 52.5 Å². The molecule has 0 unspecified atom stereocenters. The molecule has 0 saturated heterocycles. The lowest BCUT2D eigenvalue weighted by molar-refractivity contribution is 0.0623. The Labute approximate surface area is 396 Å². The molecule has 0 bridgehead atoms. The monoisotopic (exact) mass is 952 g/mol. The fraction of sp³-hybridized carbons (Fsp3) is 0.314. The summed E-state index contributed by atoms with van der Waals surface area (Å²) in [6.45, 7) is 18.7. The number of aromatic carboxylic acids is 2. The molecule has 18 heteroatoms. The number of esters is 4. The molecule has 0 fully saturated rings. The summed E-state index contributed by atoms with van der Waals surface area (Å²) in [4.78, 5) is 92.8. The zero-order valence-electron chi connectivity index (χ0n) is 41.1. The summed E-state index contributed by atoms with van der Waals surface area (Å²) >= 11 is 0. The lowest BCUT2D eigenvalue weighted by Crippen LogP contribution is -2.21. The Bertz CT molecular complexity index is 2910. The number of ether oxygens (including phenoxy) is 8. The van der Waals surface area contributed by atoms with Crippen LogP contribution in [-0.2, 0) is 0 Å². The topological polar surface area (TPSA) is 247 Å². The van der Waals surface area contributed by atoms with Gasteiger partial charge in [0.05, 0.1) is 51.7 Å². The first-order valence-corrected chi connectivity index (χ1v) is 21.0. The van der Waals surface area contributed by atoms with Gasteiger partial charge in [-0.05, 0) is 128 Å². The van der Waals surface area contributed by atoms with E-state index in [0.717, 1.165) is 12.1 Å². The van der Waals surface area contributed by atoms with Gasteiger partial charge in [-0.25, -0.2) is 28.8 Å². The predicted molar refractivity (Wildman–Crippen MR) is 248 cm³/mol. The molecule has 0 saturated carbocycles. The van der Waals surface area contributed by atoms with E-state index < -0.39 is 53.1 Å². The molecule has 0 amide bonds. The van der Waals surface area contributed by atoms with Crippen molar-refractivity contribution in [3.05, 3.63) is 122 Å². The molecular formula is C51H52O18. The molecule has 0 atom stereocenters. The van der Waals surface area contributed by atoms with Crippen LogP contribution < -0.4 is 43.3 Å². The van der Waals surface area contributed by atoms with Crippen molar-refractivity contribution >= 4 is 35.8 Å². The van der Waals surface area contributed by atoms with Crippen LogP contribution in [0.25, 0.3) is 0 Å². The molecule has 69 heavy (non-hydrogen) atoms. The van der Waals surface area contributed by atoms with Crippen molar-refractivity contribution in [2.75, 3.05) is 28.4 Å². The minimum absolute atomic E-state index is 0.0233. The van der Waals surface area contributed by atoms with Crippen LogP contribution in [0.15, 0.2) is 21.3 Å². The van der Waals surface area contributed by atoms with Crippen molar-refractivity contribution in [2.45, 2.75) is 83.1 Å². The first kappa shape index (κ1) is 51.8. The van der Waals surface area contributed by atoms with Gasteiger partial charge in [0, 0.05) is 22.3 Å². The van der Waals surface area contributed by atoms with Gasteiger partial charge >= 0.3 is 35.8 Å². The molecule has 18 nitrogen and oxygen atoms in total. The first-order valence-electron chi connectivity index (χ1n) is 21.0. The zero-order chi connectivity index (χ0) is 51.8. The van der Waals surface area contributed by atoms with Crippen LogP contribution in [0.5, 0.6) is 46.4 Å². The lowest BCUT2D eigenvalue weighted by atomic mass is 9.92. The van der Waals surface area contributed by atoms with E-state index in [2.05, 4.69) is 0 Å². The number of methoxy groups -OCH3 is 4. The second-order valence-corrected chi connectivity index (χ2v) is 16.1. The number of hydrogen-bond donors (Lipinski definition) is 2. The van der Waals surface area contributed by atoms with Crippen LogP contribution in [0.4, 0.5) is 0 Å². The predicted octanol–water partition coefficient (Wildman–Crippen LogP) is 8.65. The highest BCUT2D eigenvalue weighted by atomic mass is 16.7. The molecule has 0 aliphatic rings. The fourth-order valence-electron chi connectivity index (χ4n) is 8.51. The Kier molecular flexibility index (Phi) is 15.0. The second-order valence-electron chi connectivity index (χ2n) is 16.1. The van der Waals surface area contributed by atoms with E-state index in [1.165, 1.54) is 42.3 Å². The minimum atomic E-state index is -1.22. The Morgan fingerprint density at radius 3 is 0.899 bits per heavy atom. The third-order valence-corrected chi connectivity index (χ3v) is 12.4. The van der Waals surface area contributed by atoms with Gasteiger partial charge in [-0.2, -0.15) is 0 Å². The lowest BCUT2D eigenvalue weighted by Gasteiger charge is -2.22. The highest BCUT2D eigenvalue weighted by Gasteiger charge is 2.33. The third-order valence-electron chi connectivity index (χ3n) is 12.4. The number of rotatable bonds is 14. The number of benzene rings is 4. The van der Waals surface area contributed by atoms with Crippen molar-refractivity contribution in [2.24, 2.45) is 0 Å². The van der Waals surface area contributed by atoms with E-state index in [4.69, 9.17) is 42.3 Å². The maximum Gasteiger partial charge on any atom is 0.347 e. The van der Waals surface area contributed by atoms with Crippen LogP contribution in [0.1, 0.15) is 129 Å². The molecule has 0 aliphatic heterocycles. The summed E-state index contributed by atoms with van der Waals surface area (Å²) in [6, 6.07) is 1.71. The van der Waals surface area contributed by atoms with Crippen molar-refractivity contribution in [3.63, 3.8) is 0 Å². The van der Waals surface area contributed by atoms with E-state index in [9.17, 15) is 43.8 Å². The fourth-order valence-corrected chi connectivity index (χ4v) is 8.51. The number of carbonyl (C=O) groups is 6. The number of carbonyl (C=O) groups excluding carboxylic acids is 4. The molecule has 0 aliphatic carbocycles. The molecule has 4 aromatic carbocycles. The standard InChI is InChI=1S/C51H52O18/c1-19-21(3)38(50(59)68-40-25(7)23(5)36(46(53)54)44(63-15)29(40)11)42(61-13)27(9)34(19)48(57)66-32-17-31(52)18-33(65-32)67-49(58)35-20(2)22(4)39(43(62-14)28(35)10)51(60)69-41-26(8)24(6)37(47(55)56)45(64-16)30(41)12/h17-18H,1-16H3,(H,53,54)(H,55,56). The quantitative estimate of drug-likeness (QED) is 0.0780. The van der Waals surface area contributed by atoms with E-state index in [1.807, 2.05) is 0 Å². The molecule has 1 aromatic heterocycles. The van der Waals surface area contributed by atoms with Gasteiger partial charge in [0.2, 0.25) is 0 Å². The van der Waals surface area contributed by atoms with Gasteiger partial charge in [0.1, 0.15) is 56.8 Å². The Morgan fingerprint density at radius 1 is 0.348 bits per heavy atom. The maximum atomic E-state index is 14.0. The molecular weight excluding hydrogens is 901 g/mol. The van der Waals surface area contributed by atoms with Gasteiger partial charge in [-0.3, -0.25) is 4.79 Å². The second kappa shape index (κ2) is 20.0. The molecule has 364 valence electrons. The van der Waals surface area contributed by atoms with Crippen molar-refractivity contribution in [1.29, 1.82) is 0 Å². The molecule has 1 heterocycles. The van der Waals surface area contributed by atoms with E-state index in [-0.39, 0.29) is 112 Å². The normalized spacial score (nSPS) is 10.8. The van der Waals surface area contributed by atoms with Crippen LogP contribution in [0.3, 0.4) is 0 Å². The average molecular weight is 953 g/mol. The van der Waals surface area contributed by atoms with Gasteiger partial charge in [0.15, 0.2) is 5.43 Å². The van der Waals surface area contributed by atoms with Crippen molar-refractivity contribution in [3.8, 4) is 46.4 Å². The third kappa shape index (κ3) is 9.16.